The molecule has 8 atom stereocenters. The highest BCUT2D eigenvalue weighted by Gasteiger charge is 2.60. The Hall–Kier alpha value is -0.530. The summed E-state index contributed by atoms with van der Waals surface area (Å²) in [7, 11) is 1.55. The van der Waals surface area contributed by atoms with Gasteiger partial charge in [0.2, 0.25) is 0 Å². The van der Waals surface area contributed by atoms with Crippen LogP contribution in [0.2, 0.25) is 0 Å². The molecule has 4 rings (SSSR count). The van der Waals surface area contributed by atoms with Gasteiger partial charge < -0.3 is 4.74 Å². The van der Waals surface area contributed by atoms with Crippen molar-refractivity contribution in [2.45, 2.75) is 98.8 Å². The largest absolute Gasteiger partial charge is 0.469 e. The lowest BCUT2D eigenvalue weighted by Crippen LogP contribution is -2.53. The monoisotopic (exact) mass is 376 g/mol. The van der Waals surface area contributed by atoms with Crippen LogP contribution in [0.4, 0.5) is 0 Å². The van der Waals surface area contributed by atoms with E-state index in [4.69, 9.17) is 4.74 Å². The smallest absolute Gasteiger partial charge is 0.308 e. The van der Waals surface area contributed by atoms with Crippen LogP contribution in [0.15, 0.2) is 0 Å². The van der Waals surface area contributed by atoms with Crippen LogP contribution in [-0.4, -0.2) is 13.1 Å². The molecule has 4 fully saturated rings. The summed E-state index contributed by atoms with van der Waals surface area (Å²) in [6, 6.07) is 0. The highest BCUT2D eigenvalue weighted by Crippen LogP contribution is 2.68. The van der Waals surface area contributed by atoms with Crippen molar-refractivity contribution in [3.05, 3.63) is 0 Å². The Morgan fingerprint density at radius 2 is 1.59 bits per heavy atom. The first-order valence-electron chi connectivity index (χ1n) is 12.0. The van der Waals surface area contributed by atoms with E-state index in [-0.39, 0.29) is 11.9 Å². The van der Waals surface area contributed by atoms with E-state index in [0.29, 0.717) is 16.7 Å². The van der Waals surface area contributed by atoms with Crippen molar-refractivity contribution in [3.63, 3.8) is 0 Å². The molecule has 0 aromatic carbocycles. The third kappa shape index (κ3) is 3.27. The Morgan fingerprint density at radius 1 is 0.889 bits per heavy atom. The summed E-state index contributed by atoms with van der Waals surface area (Å²) in [5.74, 6) is 4.34. The number of carbonyl (C=O) groups excluding carboxylic acids is 1. The van der Waals surface area contributed by atoms with Gasteiger partial charge in [-0.05, 0) is 91.8 Å². The number of esters is 1. The van der Waals surface area contributed by atoms with Crippen LogP contribution in [0.5, 0.6) is 0 Å². The molecule has 0 aromatic heterocycles. The highest BCUT2D eigenvalue weighted by molar-refractivity contribution is 5.72. The summed E-state index contributed by atoms with van der Waals surface area (Å²) in [4.78, 5) is 12.2. The SMILES string of the molecule is CC.COC(=O)C(C)C1CCC2C3CCC4CCCCC4(C)C3CCC12C. The van der Waals surface area contributed by atoms with Crippen molar-refractivity contribution in [1.82, 2.24) is 0 Å². The second kappa shape index (κ2) is 8.07. The second-order valence-electron chi connectivity index (χ2n) is 10.4. The van der Waals surface area contributed by atoms with Crippen LogP contribution in [0.25, 0.3) is 0 Å². The molecule has 0 N–H and O–H groups in total. The van der Waals surface area contributed by atoms with Gasteiger partial charge in [-0.1, -0.05) is 47.5 Å². The van der Waals surface area contributed by atoms with E-state index in [1.54, 1.807) is 7.11 Å². The molecule has 0 aliphatic heterocycles. The van der Waals surface area contributed by atoms with Crippen LogP contribution in [0.1, 0.15) is 98.8 Å². The number of methoxy groups -OCH3 is 1. The molecule has 27 heavy (non-hydrogen) atoms. The fourth-order valence-electron chi connectivity index (χ4n) is 8.51. The summed E-state index contributed by atoms with van der Waals surface area (Å²) in [5.41, 5.74) is 0.987. The molecule has 0 saturated heterocycles. The van der Waals surface area contributed by atoms with Gasteiger partial charge in [0.1, 0.15) is 0 Å². The minimum absolute atomic E-state index is 0.0111. The first-order chi connectivity index (χ1) is 12.9. The molecule has 4 aliphatic carbocycles. The topological polar surface area (TPSA) is 26.3 Å². The molecule has 0 bridgehead atoms. The molecule has 0 heterocycles. The molecule has 2 heteroatoms. The van der Waals surface area contributed by atoms with Crippen LogP contribution in [-0.2, 0) is 9.53 Å². The third-order valence-electron chi connectivity index (χ3n) is 9.83. The average Bonchev–Trinajstić information content (AvgIpc) is 3.05. The Bertz CT molecular complexity index is 528. The van der Waals surface area contributed by atoms with Gasteiger partial charge in [-0.2, -0.15) is 0 Å². The molecule has 0 aromatic rings. The van der Waals surface area contributed by atoms with Crippen LogP contribution in [0.3, 0.4) is 0 Å². The van der Waals surface area contributed by atoms with E-state index in [1.165, 1.54) is 64.2 Å². The Labute approximate surface area is 168 Å². The zero-order chi connectivity index (χ0) is 19.8. The lowest BCUT2D eigenvalue weighted by atomic mass is 9.44. The highest BCUT2D eigenvalue weighted by atomic mass is 16.5. The van der Waals surface area contributed by atoms with Gasteiger partial charge in [0, 0.05) is 0 Å². The maximum absolute atomic E-state index is 12.2. The van der Waals surface area contributed by atoms with Gasteiger partial charge in [-0.3, -0.25) is 4.79 Å². The fourth-order valence-corrected chi connectivity index (χ4v) is 8.51. The van der Waals surface area contributed by atoms with E-state index in [9.17, 15) is 4.79 Å². The minimum atomic E-state index is 0.0111. The standard InChI is InChI=1S/C23H38O2.C2H6/c1-15(21(24)25-4)18-10-11-19-17-9-8-16-7-5-6-13-22(16,2)20(17)12-14-23(18,19)3;1-2/h15-20H,5-14H2,1-4H3;1-2H3. The Morgan fingerprint density at radius 3 is 2.30 bits per heavy atom. The van der Waals surface area contributed by atoms with Crippen LogP contribution < -0.4 is 0 Å². The predicted molar refractivity (Wildman–Crippen MR) is 112 cm³/mol. The van der Waals surface area contributed by atoms with Crippen molar-refractivity contribution in [2.75, 3.05) is 7.11 Å². The average molecular weight is 377 g/mol. The van der Waals surface area contributed by atoms with Gasteiger partial charge >= 0.3 is 5.97 Å². The first-order valence-corrected chi connectivity index (χ1v) is 12.0. The fraction of sp³-hybridized carbons (Fsp3) is 0.960. The molecule has 8 unspecified atom stereocenters. The van der Waals surface area contributed by atoms with E-state index in [0.717, 1.165) is 23.7 Å². The van der Waals surface area contributed by atoms with E-state index < -0.39 is 0 Å². The molecule has 4 aliphatic rings. The van der Waals surface area contributed by atoms with Gasteiger partial charge in [0.05, 0.1) is 13.0 Å². The molecule has 0 amide bonds. The molecule has 0 spiro atoms. The summed E-state index contributed by atoms with van der Waals surface area (Å²) < 4.78 is 5.10. The molecule has 156 valence electrons. The van der Waals surface area contributed by atoms with Gasteiger partial charge in [-0.15, -0.1) is 0 Å². The van der Waals surface area contributed by atoms with Crippen molar-refractivity contribution >= 4 is 5.97 Å². The summed E-state index contributed by atoms with van der Waals surface area (Å²) in [5, 5.41) is 0. The van der Waals surface area contributed by atoms with Gasteiger partial charge in [-0.25, -0.2) is 0 Å². The van der Waals surface area contributed by atoms with Crippen molar-refractivity contribution in [3.8, 4) is 0 Å². The molecular weight excluding hydrogens is 332 g/mol. The normalized spacial score (nSPS) is 46.8. The maximum atomic E-state index is 12.2. The van der Waals surface area contributed by atoms with Crippen molar-refractivity contribution < 1.29 is 9.53 Å². The number of hydrogen-bond acceptors (Lipinski definition) is 2. The van der Waals surface area contributed by atoms with Gasteiger partial charge in [0.15, 0.2) is 0 Å². The molecular formula is C25H44O2. The Kier molecular flexibility index (Phi) is 6.33. The maximum Gasteiger partial charge on any atom is 0.308 e. The lowest BCUT2D eigenvalue weighted by molar-refractivity contribution is -0.151. The predicted octanol–water partition coefficient (Wildman–Crippen LogP) is 6.87. The number of rotatable bonds is 2. The lowest BCUT2D eigenvalue weighted by Gasteiger charge is -2.60. The second-order valence-corrected chi connectivity index (χ2v) is 10.4. The zero-order valence-electron chi connectivity index (χ0n) is 18.9. The van der Waals surface area contributed by atoms with E-state index in [1.807, 2.05) is 13.8 Å². The Balaban J connectivity index is 0.00000102. The number of ether oxygens (including phenoxy) is 1. The summed E-state index contributed by atoms with van der Waals surface area (Å²) >= 11 is 0. The zero-order valence-corrected chi connectivity index (χ0v) is 18.9. The quantitative estimate of drug-likeness (QED) is 0.491. The van der Waals surface area contributed by atoms with E-state index >= 15 is 0 Å². The molecule has 2 nitrogen and oxygen atoms in total. The van der Waals surface area contributed by atoms with Gasteiger partial charge in [0.25, 0.3) is 0 Å². The van der Waals surface area contributed by atoms with Crippen LogP contribution >= 0.6 is 0 Å². The summed E-state index contributed by atoms with van der Waals surface area (Å²) in [6.45, 7) is 11.3. The minimum Gasteiger partial charge on any atom is -0.469 e. The number of fused-ring (bicyclic) bond motifs is 5. The van der Waals surface area contributed by atoms with E-state index in [2.05, 4.69) is 20.8 Å². The molecule has 0 radical (unpaired) electrons. The number of hydrogen-bond donors (Lipinski definition) is 0. The van der Waals surface area contributed by atoms with Crippen molar-refractivity contribution in [1.29, 1.82) is 0 Å². The third-order valence-corrected chi connectivity index (χ3v) is 9.83. The molecule has 4 saturated carbocycles. The first kappa shape index (κ1) is 21.2. The summed E-state index contributed by atoms with van der Waals surface area (Å²) in [6.07, 6.45) is 14.2. The number of carbonyl (C=O) groups is 1. The van der Waals surface area contributed by atoms with Crippen LogP contribution in [0, 0.1) is 46.3 Å². The van der Waals surface area contributed by atoms with Crippen molar-refractivity contribution in [2.24, 2.45) is 46.3 Å².